The molecule has 1 aromatic carbocycles. The molecule has 0 aliphatic rings. The van der Waals surface area contributed by atoms with Crippen LogP contribution in [0.1, 0.15) is 10.5 Å². The van der Waals surface area contributed by atoms with Crippen molar-refractivity contribution in [2.24, 2.45) is 0 Å². The number of carbonyl (C=O) groups excluding carboxylic acids is 1. The van der Waals surface area contributed by atoms with E-state index in [1.54, 1.807) is 35.1 Å². The third-order valence-corrected chi connectivity index (χ3v) is 2.89. The third kappa shape index (κ3) is 2.01. The van der Waals surface area contributed by atoms with E-state index in [-0.39, 0.29) is 11.5 Å². The van der Waals surface area contributed by atoms with Gasteiger partial charge in [-0.3, -0.25) is 0 Å². The quantitative estimate of drug-likeness (QED) is 0.671. The normalized spacial score (nSPS) is 10.7. The molecule has 0 spiro atoms. The van der Waals surface area contributed by atoms with Crippen LogP contribution in [0.2, 0.25) is 0 Å². The summed E-state index contributed by atoms with van der Waals surface area (Å²) in [5.74, 6) is -0.808. The lowest BCUT2D eigenvalue weighted by atomic mass is 10.3. The number of nitrogens with zero attached hydrogens (tertiary/aromatic N) is 3. The molecule has 2 heterocycles. The van der Waals surface area contributed by atoms with Crippen LogP contribution in [-0.4, -0.2) is 27.8 Å². The molecule has 20 heavy (non-hydrogen) atoms. The Bertz CT molecular complexity index is 781. The van der Waals surface area contributed by atoms with E-state index in [0.29, 0.717) is 11.2 Å². The summed E-state index contributed by atoms with van der Waals surface area (Å²) >= 11 is 0. The van der Waals surface area contributed by atoms with Gasteiger partial charge in [-0.15, -0.1) is 0 Å². The van der Waals surface area contributed by atoms with Gasteiger partial charge in [0.25, 0.3) is 0 Å². The summed E-state index contributed by atoms with van der Waals surface area (Å²) in [5.41, 5.74) is 2.23. The largest absolute Gasteiger partial charge is 0.464 e. The molecule has 3 aromatic rings. The van der Waals surface area contributed by atoms with E-state index in [9.17, 15) is 9.18 Å². The molecule has 0 aliphatic heterocycles. The summed E-state index contributed by atoms with van der Waals surface area (Å²) in [4.78, 5) is 15.6. The summed E-state index contributed by atoms with van der Waals surface area (Å²) in [6, 6.07) is 9.25. The van der Waals surface area contributed by atoms with Gasteiger partial charge in [0, 0.05) is 0 Å². The van der Waals surface area contributed by atoms with Crippen LogP contribution < -0.4 is 0 Å². The molecule has 100 valence electrons. The van der Waals surface area contributed by atoms with Gasteiger partial charge in [-0.1, -0.05) is 0 Å². The maximum Gasteiger partial charge on any atom is 0.356 e. The average molecular weight is 271 g/mol. The van der Waals surface area contributed by atoms with E-state index >= 15 is 0 Å². The number of esters is 1. The van der Waals surface area contributed by atoms with Crippen molar-refractivity contribution in [2.45, 2.75) is 0 Å². The monoisotopic (exact) mass is 271 g/mol. The molecule has 2 aromatic heterocycles. The first-order valence-corrected chi connectivity index (χ1v) is 5.88. The van der Waals surface area contributed by atoms with Crippen molar-refractivity contribution in [3.8, 4) is 5.69 Å². The van der Waals surface area contributed by atoms with Crippen molar-refractivity contribution in [1.82, 2.24) is 14.8 Å². The molecule has 3 rings (SSSR count). The van der Waals surface area contributed by atoms with Crippen LogP contribution in [0.4, 0.5) is 4.39 Å². The van der Waals surface area contributed by atoms with Crippen molar-refractivity contribution < 1.29 is 13.9 Å². The van der Waals surface area contributed by atoms with E-state index < -0.39 is 5.97 Å². The van der Waals surface area contributed by atoms with Crippen LogP contribution in [-0.2, 0) is 4.74 Å². The highest BCUT2D eigenvalue weighted by Crippen LogP contribution is 2.17. The van der Waals surface area contributed by atoms with Crippen molar-refractivity contribution >= 4 is 17.0 Å². The molecule has 0 fully saturated rings. The van der Waals surface area contributed by atoms with E-state index in [2.05, 4.69) is 14.8 Å². The second-order valence-electron chi connectivity index (χ2n) is 4.13. The van der Waals surface area contributed by atoms with Crippen molar-refractivity contribution in [3.63, 3.8) is 0 Å². The first-order valence-electron chi connectivity index (χ1n) is 5.88. The van der Waals surface area contributed by atoms with Crippen LogP contribution in [0.3, 0.4) is 0 Å². The Balaban J connectivity index is 2.10. The van der Waals surface area contributed by atoms with Gasteiger partial charge >= 0.3 is 5.97 Å². The second kappa shape index (κ2) is 4.73. The number of halogens is 1. The molecule has 0 radical (unpaired) electrons. The lowest BCUT2D eigenvalue weighted by Gasteiger charge is -2.03. The molecule has 0 unspecified atom stereocenters. The fraction of sp³-hybridized carbons (Fsp3) is 0.0714. The molecule has 0 saturated carbocycles. The molecular formula is C14H10FN3O2. The summed E-state index contributed by atoms with van der Waals surface area (Å²) in [6.07, 6.45) is 1.55. The number of fused-ring (bicyclic) bond motifs is 1. The van der Waals surface area contributed by atoms with E-state index in [1.807, 2.05) is 0 Å². The fourth-order valence-corrected chi connectivity index (χ4v) is 1.92. The molecule has 0 amide bonds. The number of benzene rings is 1. The number of ether oxygens (including phenoxy) is 1. The smallest absolute Gasteiger partial charge is 0.356 e. The van der Waals surface area contributed by atoms with Crippen LogP contribution >= 0.6 is 0 Å². The van der Waals surface area contributed by atoms with E-state index in [4.69, 9.17) is 0 Å². The number of hydrogen-bond acceptors (Lipinski definition) is 4. The minimum atomic E-state index is -0.499. The van der Waals surface area contributed by atoms with Gasteiger partial charge < -0.3 is 4.74 Å². The first-order chi connectivity index (χ1) is 9.69. The van der Waals surface area contributed by atoms with Crippen LogP contribution in [0.15, 0.2) is 42.6 Å². The topological polar surface area (TPSA) is 57.0 Å². The number of methoxy groups -OCH3 is 1. The van der Waals surface area contributed by atoms with E-state index in [0.717, 1.165) is 5.52 Å². The Labute approximate surface area is 113 Å². The highest BCUT2D eigenvalue weighted by molar-refractivity contribution is 5.90. The minimum absolute atomic E-state index is 0.221. The van der Waals surface area contributed by atoms with Crippen LogP contribution in [0.25, 0.3) is 16.7 Å². The van der Waals surface area contributed by atoms with Crippen LogP contribution in [0, 0.1) is 5.82 Å². The zero-order chi connectivity index (χ0) is 14.1. The maximum absolute atomic E-state index is 12.9. The summed E-state index contributed by atoms with van der Waals surface area (Å²) < 4.78 is 19.2. The number of carbonyl (C=O) groups is 1. The summed E-state index contributed by atoms with van der Waals surface area (Å²) in [6.45, 7) is 0. The fourth-order valence-electron chi connectivity index (χ4n) is 1.92. The molecule has 0 bridgehead atoms. The van der Waals surface area contributed by atoms with Crippen molar-refractivity contribution in [3.05, 3.63) is 54.1 Å². The average Bonchev–Trinajstić information content (AvgIpc) is 2.90. The van der Waals surface area contributed by atoms with Crippen molar-refractivity contribution in [1.29, 1.82) is 0 Å². The molecule has 0 saturated heterocycles. The molecular weight excluding hydrogens is 261 g/mol. The Morgan fingerprint density at radius 1 is 1.20 bits per heavy atom. The predicted molar refractivity (Wildman–Crippen MR) is 70.2 cm³/mol. The van der Waals surface area contributed by atoms with Crippen LogP contribution in [0.5, 0.6) is 0 Å². The molecule has 5 nitrogen and oxygen atoms in total. The number of pyridine rings is 1. The van der Waals surface area contributed by atoms with Gasteiger partial charge in [0.1, 0.15) is 17.0 Å². The number of aromatic nitrogens is 3. The second-order valence-corrected chi connectivity index (χ2v) is 4.13. The Morgan fingerprint density at radius 3 is 2.65 bits per heavy atom. The Morgan fingerprint density at radius 2 is 1.95 bits per heavy atom. The van der Waals surface area contributed by atoms with Gasteiger partial charge in [-0.25, -0.2) is 18.9 Å². The zero-order valence-corrected chi connectivity index (χ0v) is 10.6. The Kier molecular flexibility index (Phi) is 2.90. The van der Waals surface area contributed by atoms with Gasteiger partial charge in [0.2, 0.25) is 0 Å². The highest BCUT2D eigenvalue weighted by Gasteiger charge is 2.11. The minimum Gasteiger partial charge on any atom is -0.464 e. The molecule has 0 aliphatic carbocycles. The maximum atomic E-state index is 12.9. The third-order valence-electron chi connectivity index (χ3n) is 2.89. The van der Waals surface area contributed by atoms with Gasteiger partial charge in [0.05, 0.1) is 24.5 Å². The molecule has 0 atom stereocenters. The van der Waals surface area contributed by atoms with Gasteiger partial charge in [-0.2, -0.15) is 5.10 Å². The van der Waals surface area contributed by atoms with Crippen molar-refractivity contribution in [2.75, 3.05) is 7.11 Å². The number of rotatable bonds is 2. The van der Waals surface area contributed by atoms with Gasteiger partial charge in [0.15, 0.2) is 0 Å². The predicted octanol–water partition coefficient (Wildman–Crippen LogP) is 2.35. The summed E-state index contributed by atoms with van der Waals surface area (Å²) in [5, 5.41) is 4.20. The highest BCUT2D eigenvalue weighted by atomic mass is 19.1. The lowest BCUT2D eigenvalue weighted by Crippen LogP contribution is -2.04. The molecule has 0 N–H and O–H groups in total. The standard InChI is InChI=1S/C14H10FN3O2/c1-20-14(19)11-6-7-13-12(17-11)8-16-18(13)10-4-2-9(15)3-5-10/h2-8H,1H3. The lowest BCUT2D eigenvalue weighted by molar-refractivity contribution is 0.0594. The zero-order valence-electron chi connectivity index (χ0n) is 10.6. The first kappa shape index (κ1) is 12.3. The van der Waals surface area contributed by atoms with E-state index in [1.165, 1.54) is 19.2 Å². The molecule has 6 heteroatoms. The SMILES string of the molecule is COC(=O)c1ccc2c(cnn2-c2ccc(F)cc2)n1. The Hall–Kier alpha value is -2.76. The number of hydrogen-bond donors (Lipinski definition) is 0. The summed E-state index contributed by atoms with van der Waals surface area (Å²) in [7, 11) is 1.30. The van der Waals surface area contributed by atoms with Gasteiger partial charge in [-0.05, 0) is 36.4 Å².